The highest BCUT2D eigenvalue weighted by Gasteiger charge is 2.19. The Hall–Kier alpha value is -4.30. The van der Waals surface area contributed by atoms with Crippen molar-refractivity contribution < 1.29 is 14.3 Å². The largest absolute Gasteiger partial charge is 0.454 e. The molecule has 0 atom stereocenters. The van der Waals surface area contributed by atoms with Crippen LogP contribution in [0.3, 0.4) is 0 Å². The first kappa shape index (κ1) is 22.2. The van der Waals surface area contributed by atoms with Crippen molar-refractivity contribution in [2.75, 3.05) is 17.9 Å². The second-order valence-electron chi connectivity index (χ2n) is 8.31. The van der Waals surface area contributed by atoms with Gasteiger partial charge in [-0.05, 0) is 29.1 Å². The molecule has 1 N–H and O–H groups in total. The van der Waals surface area contributed by atoms with E-state index in [-0.39, 0.29) is 18.5 Å². The molecule has 178 valence electrons. The maximum absolute atomic E-state index is 12.9. The number of nitrogens with zero attached hydrogens (tertiary/aromatic N) is 3. The molecule has 4 aromatic carbocycles. The predicted molar refractivity (Wildman–Crippen MR) is 140 cm³/mol. The number of rotatable bonds is 7. The summed E-state index contributed by atoms with van der Waals surface area (Å²) < 4.78 is 13.0. The number of carbonyl (C=O) groups excluding carboxylic acids is 1. The van der Waals surface area contributed by atoms with Crippen molar-refractivity contribution in [1.82, 2.24) is 14.8 Å². The lowest BCUT2D eigenvalue weighted by Crippen LogP contribution is -2.15. The number of nitrogens with one attached hydrogen (secondary N) is 1. The molecular weight excluding hydrogens is 472 g/mol. The molecule has 1 aliphatic rings. The van der Waals surface area contributed by atoms with Crippen LogP contribution in [-0.2, 0) is 11.3 Å². The van der Waals surface area contributed by atoms with Crippen LogP contribution in [0.2, 0.25) is 0 Å². The molecule has 1 aromatic heterocycles. The SMILES string of the molecule is O=C(CSc1nnc(-c2ccccc2)n1Cc1ccc2c(c1)OCO2)Nc1cccc2ccccc12. The summed E-state index contributed by atoms with van der Waals surface area (Å²) in [6.07, 6.45) is 0. The summed E-state index contributed by atoms with van der Waals surface area (Å²) >= 11 is 1.36. The number of fused-ring (bicyclic) bond motifs is 2. The quantitative estimate of drug-likeness (QED) is 0.297. The number of carbonyl (C=O) groups is 1. The highest BCUT2D eigenvalue weighted by Crippen LogP contribution is 2.34. The van der Waals surface area contributed by atoms with Crippen molar-refractivity contribution in [3.8, 4) is 22.9 Å². The summed E-state index contributed by atoms with van der Waals surface area (Å²) in [6.45, 7) is 0.759. The molecule has 8 heteroatoms. The molecule has 0 radical (unpaired) electrons. The van der Waals surface area contributed by atoms with Crippen molar-refractivity contribution in [3.05, 3.63) is 96.6 Å². The first-order valence-electron chi connectivity index (χ1n) is 11.5. The Bertz CT molecular complexity index is 1550. The molecule has 2 heterocycles. The molecule has 7 nitrogen and oxygen atoms in total. The number of anilines is 1. The summed E-state index contributed by atoms with van der Waals surface area (Å²) in [5.74, 6) is 2.31. The summed E-state index contributed by atoms with van der Waals surface area (Å²) in [7, 11) is 0. The van der Waals surface area contributed by atoms with Gasteiger partial charge < -0.3 is 14.8 Å². The molecule has 36 heavy (non-hydrogen) atoms. The van der Waals surface area contributed by atoms with E-state index >= 15 is 0 Å². The highest BCUT2D eigenvalue weighted by molar-refractivity contribution is 7.99. The molecule has 0 spiro atoms. The number of aromatic nitrogens is 3. The average molecular weight is 495 g/mol. The molecule has 0 aliphatic carbocycles. The molecular formula is C28H22N4O3S. The van der Waals surface area contributed by atoms with Crippen LogP contribution in [-0.4, -0.2) is 33.2 Å². The topological polar surface area (TPSA) is 78.3 Å². The van der Waals surface area contributed by atoms with Crippen molar-refractivity contribution >= 4 is 34.1 Å². The van der Waals surface area contributed by atoms with E-state index in [1.54, 1.807) is 0 Å². The predicted octanol–water partition coefficient (Wildman–Crippen LogP) is 5.61. The van der Waals surface area contributed by atoms with E-state index in [4.69, 9.17) is 9.47 Å². The van der Waals surface area contributed by atoms with Crippen molar-refractivity contribution in [3.63, 3.8) is 0 Å². The number of ether oxygens (including phenoxy) is 2. The van der Waals surface area contributed by atoms with E-state index in [2.05, 4.69) is 15.5 Å². The number of hydrogen-bond donors (Lipinski definition) is 1. The molecule has 0 saturated carbocycles. The van der Waals surface area contributed by atoms with Gasteiger partial charge in [0.05, 0.1) is 12.3 Å². The second-order valence-corrected chi connectivity index (χ2v) is 9.25. The second kappa shape index (κ2) is 9.75. The molecule has 0 unspecified atom stereocenters. The number of amides is 1. The zero-order valence-corrected chi connectivity index (χ0v) is 20.1. The van der Waals surface area contributed by atoms with Crippen molar-refractivity contribution in [2.24, 2.45) is 0 Å². The van der Waals surface area contributed by atoms with E-state index in [1.165, 1.54) is 11.8 Å². The van der Waals surface area contributed by atoms with E-state index in [0.29, 0.717) is 11.7 Å². The third-order valence-corrected chi connectivity index (χ3v) is 6.89. The molecule has 1 amide bonds. The van der Waals surface area contributed by atoms with Crippen LogP contribution in [0.4, 0.5) is 5.69 Å². The highest BCUT2D eigenvalue weighted by atomic mass is 32.2. The Labute approximate surface area is 212 Å². The monoisotopic (exact) mass is 494 g/mol. The molecule has 0 bridgehead atoms. The first-order valence-corrected chi connectivity index (χ1v) is 12.5. The van der Waals surface area contributed by atoms with Gasteiger partial charge in [0.2, 0.25) is 12.7 Å². The van der Waals surface area contributed by atoms with Gasteiger partial charge in [0.1, 0.15) is 0 Å². The van der Waals surface area contributed by atoms with Gasteiger partial charge in [-0.15, -0.1) is 10.2 Å². The first-order chi connectivity index (χ1) is 17.7. The van der Waals surface area contributed by atoms with Gasteiger partial charge in [-0.3, -0.25) is 9.36 Å². The summed E-state index contributed by atoms with van der Waals surface area (Å²) in [5, 5.41) is 14.7. The van der Waals surface area contributed by atoms with Crippen molar-refractivity contribution in [2.45, 2.75) is 11.7 Å². The van der Waals surface area contributed by atoms with Gasteiger partial charge >= 0.3 is 0 Å². The summed E-state index contributed by atoms with van der Waals surface area (Å²) in [6, 6.07) is 29.7. The fourth-order valence-electron chi connectivity index (χ4n) is 4.21. The van der Waals surface area contributed by atoms with Crippen LogP contribution >= 0.6 is 11.8 Å². The van der Waals surface area contributed by atoms with Gasteiger partial charge in [0.25, 0.3) is 0 Å². The minimum Gasteiger partial charge on any atom is -0.454 e. The van der Waals surface area contributed by atoms with Gasteiger partial charge in [-0.2, -0.15) is 0 Å². The molecule has 0 saturated heterocycles. The Kier molecular flexibility index (Phi) is 6.01. The van der Waals surface area contributed by atoms with Crippen LogP contribution in [0.15, 0.2) is 96.2 Å². The molecule has 0 fully saturated rings. The standard InChI is InChI=1S/C28H22N4O3S/c33-26(29-23-12-6-10-20-7-4-5-11-22(20)23)17-36-28-31-30-27(21-8-2-1-3-9-21)32(28)16-19-13-14-24-25(15-19)35-18-34-24/h1-15H,16-18H2,(H,29,33). The summed E-state index contributed by atoms with van der Waals surface area (Å²) in [4.78, 5) is 12.9. The lowest BCUT2D eigenvalue weighted by Gasteiger charge is -2.12. The third kappa shape index (κ3) is 4.50. The number of benzene rings is 4. The smallest absolute Gasteiger partial charge is 0.234 e. The number of thioether (sulfide) groups is 1. The van der Waals surface area contributed by atoms with Gasteiger partial charge in [0, 0.05) is 16.6 Å². The Morgan fingerprint density at radius 1 is 0.889 bits per heavy atom. The molecule has 1 aliphatic heterocycles. The lowest BCUT2D eigenvalue weighted by atomic mass is 10.1. The maximum atomic E-state index is 12.9. The van der Waals surface area contributed by atoms with E-state index < -0.39 is 0 Å². The number of hydrogen-bond acceptors (Lipinski definition) is 6. The van der Waals surface area contributed by atoms with E-state index in [1.807, 2.05) is 95.6 Å². The summed E-state index contributed by atoms with van der Waals surface area (Å²) in [5.41, 5.74) is 2.78. The molecule has 5 aromatic rings. The van der Waals surface area contributed by atoms with Gasteiger partial charge in [0.15, 0.2) is 22.5 Å². The van der Waals surface area contributed by atoms with Gasteiger partial charge in [-0.1, -0.05) is 84.6 Å². The fraction of sp³-hybridized carbons (Fsp3) is 0.107. The van der Waals surface area contributed by atoms with Crippen LogP contribution < -0.4 is 14.8 Å². The van der Waals surface area contributed by atoms with Crippen LogP contribution in [0.1, 0.15) is 5.56 Å². The Balaban J connectivity index is 1.24. The molecule has 6 rings (SSSR count). The fourth-order valence-corrected chi connectivity index (χ4v) is 4.95. The van der Waals surface area contributed by atoms with E-state index in [9.17, 15) is 4.79 Å². The van der Waals surface area contributed by atoms with Gasteiger partial charge in [-0.25, -0.2) is 0 Å². The average Bonchev–Trinajstić information content (AvgIpc) is 3.55. The van der Waals surface area contributed by atoms with Crippen LogP contribution in [0, 0.1) is 0 Å². The van der Waals surface area contributed by atoms with Crippen molar-refractivity contribution in [1.29, 1.82) is 0 Å². The Morgan fingerprint density at radius 3 is 2.61 bits per heavy atom. The van der Waals surface area contributed by atoms with E-state index in [0.717, 1.165) is 44.9 Å². The maximum Gasteiger partial charge on any atom is 0.234 e. The zero-order chi connectivity index (χ0) is 24.3. The third-order valence-electron chi connectivity index (χ3n) is 5.92. The Morgan fingerprint density at radius 2 is 1.69 bits per heavy atom. The van der Waals surface area contributed by atoms with Crippen LogP contribution in [0.5, 0.6) is 11.5 Å². The van der Waals surface area contributed by atoms with Crippen LogP contribution in [0.25, 0.3) is 22.2 Å². The zero-order valence-electron chi connectivity index (χ0n) is 19.3. The minimum absolute atomic E-state index is 0.102. The minimum atomic E-state index is -0.102. The normalized spacial score (nSPS) is 12.1. The lowest BCUT2D eigenvalue weighted by molar-refractivity contribution is -0.113.